The van der Waals surface area contributed by atoms with Crippen LogP contribution in [-0.4, -0.2) is 119 Å². The van der Waals surface area contributed by atoms with E-state index in [0.717, 1.165) is 44.0 Å². The summed E-state index contributed by atoms with van der Waals surface area (Å²) in [7, 11) is 0. The van der Waals surface area contributed by atoms with Crippen LogP contribution in [0.4, 0.5) is 9.93 Å². The first-order valence-corrected chi connectivity index (χ1v) is 23.8. The number of pyridine rings is 1. The lowest BCUT2D eigenvalue weighted by atomic mass is 9.85. The van der Waals surface area contributed by atoms with Gasteiger partial charge in [-0.3, -0.25) is 14.5 Å². The Morgan fingerprint density at radius 2 is 1.81 bits per heavy atom. The molecule has 2 saturated heterocycles. The summed E-state index contributed by atoms with van der Waals surface area (Å²) in [5.74, 6) is 1.45. The number of thiazole rings is 1. The third-order valence-corrected chi connectivity index (χ3v) is 14.8. The van der Waals surface area contributed by atoms with Crippen LogP contribution in [0.2, 0.25) is 5.02 Å². The van der Waals surface area contributed by atoms with E-state index in [0.29, 0.717) is 96.2 Å². The minimum absolute atomic E-state index is 0.111. The summed E-state index contributed by atoms with van der Waals surface area (Å²) in [4.78, 5) is 54.8. The van der Waals surface area contributed by atoms with Gasteiger partial charge in [0.15, 0.2) is 5.13 Å². The van der Waals surface area contributed by atoms with E-state index in [1.165, 1.54) is 17.8 Å². The number of nitrogens with one attached hydrogen (secondary N) is 2. The van der Waals surface area contributed by atoms with Gasteiger partial charge >= 0.3 is 12.1 Å². The van der Waals surface area contributed by atoms with Crippen molar-refractivity contribution in [1.29, 1.82) is 0 Å². The molecule has 14 nitrogen and oxygen atoms in total. The maximum atomic E-state index is 14.8. The lowest BCUT2D eigenvalue weighted by Gasteiger charge is -2.36. The summed E-state index contributed by atoms with van der Waals surface area (Å²) in [5.41, 5.74) is 0.315. The highest BCUT2D eigenvalue weighted by Gasteiger charge is 2.59. The van der Waals surface area contributed by atoms with Crippen LogP contribution in [0.25, 0.3) is 22.3 Å². The van der Waals surface area contributed by atoms with Crippen LogP contribution in [-0.2, 0) is 19.1 Å². The van der Waals surface area contributed by atoms with Crippen LogP contribution in [0.1, 0.15) is 92.9 Å². The Hall–Kier alpha value is -3.92. The number of alkyl carbamates (subject to hydrolysis) is 1. The molecule has 7 unspecified atom stereocenters. The normalized spacial score (nSPS) is 27.5. The fraction of sp³-hybridized carbons (Fsp3) is 0.674. The zero-order chi connectivity index (χ0) is 43.9. The van der Waals surface area contributed by atoms with E-state index in [1.807, 2.05) is 56.2 Å². The second kappa shape index (κ2) is 18.3. The number of hydrogen-bond acceptors (Lipinski definition) is 12. The van der Waals surface area contributed by atoms with Gasteiger partial charge in [-0.25, -0.2) is 14.8 Å². The van der Waals surface area contributed by atoms with Gasteiger partial charge in [-0.05, 0) is 87.7 Å². The number of aromatic nitrogens is 2. The minimum Gasteiger partial charge on any atom is -0.491 e. The molecule has 338 valence electrons. The number of fused-ring (bicyclic) bond motifs is 2. The average Bonchev–Trinajstić information content (AvgIpc) is 3.93. The van der Waals surface area contributed by atoms with Gasteiger partial charge in [0, 0.05) is 55.0 Å². The molecule has 3 aliphatic carbocycles. The van der Waals surface area contributed by atoms with Crippen molar-refractivity contribution in [3.05, 3.63) is 28.6 Å². The second-order valence-electron chi connectivity index (χ2n) is 19.5. The predicted molar refractivity (Wildman–Crippen MR) is 239 cm³/mol. The monoisotopic (exact) mass is 894 g/mol. The number of carboxylic acids is 1. The predicted octanol–water partition coefficient (Wildman–Crippen LogP) is 8.11. The van der Waals surface area contributed by atoms with Gasteiger partial charge < -0.3 is 39.6 Å². The molecule has 5 fully saturated rings. The maximum absolute atomic E-state index is 14.8. The first-order chi connectivity index (χ1) is 29.6. The SMILES string of the molecule is CCC1CC1(CCC1CC(Oc2cc(-c3csc(NC(C)C)n3)nc3c(Cl)c(OCCN4CCOCC4)ccc23)CN1C(=O)C(NC(=O)OC1CC2CC2C1)C(C)(C)C)C(=O)O. The Labute approximate surface area is 373 Å². The van der Waals surface area contributed by atoms with Crippen LogP contribution in [0.3, 0.4) is 0 Å². The smallest absolute Gasteiger partial charge is 0.408 e. The number of rotatable bonds is 17. The van der Waals surface area contributed by atoms with Gasteiger partial charge in [0.05, 0.1) is 36.4 Å². The van der Waals surface area contributed by atoms with Gasteiger partial charge in [0.2, 0.25) is 5.91 Å². The molecule has 0 bridgehead atoms. The number of likely N-dealkylation sites (tertiary alicyclic amines) is 1. The molecule has 7 atom stereocenters. The van der Waals surface area contributed by atoms with E-state index in [1.54, 1.807) is 0 Å². The summed E-state index contributed by atoms with van der Waals surface area (Å²) >= 11 is 8.63. The summed E-state index contributed by atoms with van der Waals surface area (Å²) < 4.78 is 24.5. The quantitative estimate of drug-likeness (QED) is 0.119. The van der Waals surface area contributed by atoms with Crippen molar-refractivity contribution >= 4 is 56.9 Å². The van der Waals surface area contributed by atoms with E-state index in [9.17, 15) is 19.5 Å². The van der Waals surface area contributed by atoms with E-state index in [2.05, 4.69) is 29.4 Å². The molecule has 1 aromatic carbocycles. The third kappa shape index (κ3) is 9.90. The van der Waals surface area contributed by atoms with Crippen molar-refractivity contribution in [2.75, 3.05) is 51.3 Å². The molecule has 8 rings (SSSR count). The van der Waals surface area contributed by atoms with Gasteiger partial charge in [0.1, 0.15) is 47.1 Å². The number of ether oxygens (including phenoxy) is 4. The Balaban J connectivity index is 1.07. The van der Waals surface area contributed by atoms with Crippen LogP contribution in [0, 0.1) is 28.6 Å². The van der Waals surface area contributed by atoms with Crippen molar-refractivity contribution in [2.24, 2.45) is 28.6 Å². The Morgan fingerprint density at radius 3 is 2.48 bits per heavy atom. The first kappa shape index (κ1) is 44.7. The number of hydrogen-bond donors (Lipinski definition) is 3. The number of anilines is 1. The number of amides is 2. The highest BCUT2D eigenvalue weighted by atomic mass is 35.5. The molecule has 3 saturated carbocycles. The summed E-state index contributed by atoms with van der Waals surface area (Å²) in [6.45, 7) is 16.5. The topological polar surface area (TPSA) is 165 Å². The number of carbonyl (C=O) groups excluding carboxylic acids is 2. The number of carbonyl (C=O) groups is 3. The number of halogens is 1. The van der Waals surface area contributed by atoms with Crippen molar-refractivity contribution in [2.45, 2.75) is 123 Å². The average molecular weight is 896 g/mol. The molecule has 16 heteroatoms. The van der Waals surface area contributed by atoms with Crippen molar-refractivity contribution in [3.8, 4) is 22.9 Å². The number of benzene rings is 1. The molecule has 3 aromatic rings. The van der Waals surface area contributed by atoms with Crippen LogP contribution in [0.15, 0.2) is 23.6 Å². The lowest BCUT2D eigenvalue weighted by molar-refractivity contribution is -0.144. The van der Waals surface area contributed by atoms with Crippen molar-refractivity contribution in [3.63, 3.8) is 0 Å². The molecule has 62 heavy (non-hydrogen) atoms. The molecule has 3 N–H and O–H groups in total. The summed E-state index contributed by atoms with van der Waals surface area (Å²) in [6.07, 6.45) is 4.64. The van der Waals surface area contributed by atoms with Crippen molar-refractivity contribution in [1.82, 2.24) is 25.1 Å². The first-order valence-electron chi connectivity index (χ1n) is 22.6. The highest BCUT2D eigenvalue weighted by Crippen LogP contribution is 2.58. The zero-order valence-electron chi connectivity index (χ0n) is 36.9. The molecule has 2 aromatic heterocycles. The van der Waals surface area contributed by atoms with E-state index >= 15 is 0 Å². The molecule has 2 amide bonds. The van der Waals surface area contributed by atoms with Gasteiger partial charge in [-0.2, -0.15) is 0 Å². The molecule has 4 heterocycles. The van der Waals surface area contributed by atoms with Crippen molar-refractivity contribution < 1.29 is 38.4 Å². The van der Waals surface area contributed by atoms with Crippen LogP contribution in [0.5, 0.6) is 11.5 Å². The number of aliphatic carboxylic acids is 1. The van der Waals surface area contributed by atoms with Crippen LogP contribution < -0.4 is 20.1 Å². The fourth-order valence-corrected chi connectivity index (χ4v) is 11.0. The molecule has 5 aliphatic rings. The summed E-state index contributed by atoms with van der Waals surface area (Å²) in [6, 6.07) is 4.63. The van der Waals surface area contributed by atoms with E-state index in [4.69, 9.17) is 40.5 Å². The number of morpholine rings is 1. The molecule has 2 aliphatic heterocycles. The molecule has 0 spiro atoms. The van der Waals surface area contributed by atoms with Gasteiger partial charge in [-0.1, -0.05) is 45.7 Å². The molecule has 0 radical (unpaired) electrons. The van der Waals surface area contributed by atoms with Gasteiger partial charge in [0.25, 0.3) is 0 Å². The minimum atomic E-state index is -0.878. The van der Waals surface area contributed by atoms with Crippen LogP contribution >= 0.6 is 22.9 Å². The molecular weight excluding hydrogens is 832 g/mol. The Morgan fingerprint density at radius 1 is 1.05 bits per heavy atom. The maximum Gasteiger partial charge on any atom is 0.408 e. The number of carboxylic acid groups (broad SMARTS) is 1. The Kier molecular flexibility index (Phi) is 13.2. The van der Waals surface area contributed by atoms with Gasteiger partial charge in [-0.15, -0.1) is 11.3 Å². The van der Waals surface area contributed by atoms with E-state index in [-0.39, 0.29) is 36.6 Å². The Bertz CT molecular complexity index is 2110. The molecular formula is C46H63ClN6O8S. The second-order valence-corrected chi connectivity index (χ2v) is 20.8. The van der Waals surface area contributed by atoms with E-state index < -0.39 is 35.0 Å². The summed E-state index contributed by atoms with van der Waals surface area (Å²) in [5, 5.41) is 20.4. The standard InChI is InChI=1S/C46H63ClN6O8S/c1-7-29-23-46(29,42(55)56)11-10-30-21-32(24-53(30)41(54)40(45(4,5)6)51-44(57)61-31-19-27-18-28(27)20-31)60-37-22-34(35-25-62-43(50-35)48-26(2)3)49-39-33(37)8-9-36(38(39)47)59-17-14-52-12-15-58-16-13-52/h8-9,22,25-32,40H,7,10-21,23-24H2,1-6H3,(H,48,50)(H,51,57)(H,55,56). The highest BCUT2D eigenvalue weighted by molar-refractivity contribution is 7.14. The largest absolute Gasteiger partial charge is 0.491 e. The fourth-order valence-electron chi connectivity index (χ4n) is 9.93. The third-order valence-electron chi connectivity index (χ3n) is 13.7. The lowest BCUT2D eigenvalue weighted by Crippen LogP contribution is -2.56. The zero-order valence-corrected chi connectivity index (χ0v) is 38.5. The number of nitrogens with zero attached hydrogens (tertiary/aromatic N) is 4.